The third-order valence-corrected chi connectivity index (χ3v) is 4.23. The van der Waals surface area contributed by atoms with Gasteiger partial charge in [-0.3, -0.25) is 9.69 Å². The molecule has 0 aliphatic heterocycles. The number of aryl methyl sites for hydroxylation is 1. The highest BCUT2D eigenvalue weighted by molar-refractivity contribution is 7.12. The van der Waals surface area contributed by atoms with E-state index in [4.69, 9.17) is 5.11 Å². The van der Waals surface area contributed by atoms with E-state index >= 15 is 0 Å². The molecule has 0 spiro atoms. The molecule has 4 heteroatoms. The Balaban J connectivity index is 2.70. The van der Waals surface area contributed by atoms with Crippen LogP contribution in [0.1, 0.15) is 36.6 Å². The number of hydrogen-bond donors (Lipinski definition) is 1. The predicted molar refractivity (Wildman–Crippen MR) is 71.5 cm³/mol. The van der Waals surface area contributed by atoms with Gasteiger partial charge in [-0.15, -0.1) is 11.3 Å². The monoisotopic (exact) mass is 255 g/mol. The molecule has 0 radical (unpaired) electrons. The van der Waals surface area contributed by atoms with Crippen molar-refractivity contribution in [3.63, 3.8) is 0 Å². The van der Waals surface area contributed by atoms with Crippen molar-refractivity contribution in [2.75, 3.05) is 13.1 Å². The molecule has 1 aromatic heterocycles. The highest BCUT2D eigenvalue weighted by atomic mass is 32.1. The number of hydrogen-bond acceptors (Lipinski definition) is 3. The quantitative estimate of drug-likeness (QED) is 0.849. The van der Waals surface area contributed by atoms with Gasteiger partial charge in [0, 0.05) is 22.3 Å². The largest absolute Gasteiger partial charge is 0.481 e. The van der Waals surface area contributed by atoms with Gasteiger partial charge in [0.25, 0.3) is 0 Å². The Hall–Kier alpha value is -0.870. The second-order valence-corrected chi connectivity index (χ2v) is 5.77. The molecule has 0 bridgehead atoms. The zero-order valence-electron chi connectivity index (χ0n) is 10.9. The summed E-state index contributed by atoms with van der Waals surface area (Å²) < 4.78 is 0. The highest BCUT2D eigenvalue weighted by Crippen LogP contribution is 2.27. The van der Waals surface area contributed by atoms with Crippen molar-refractivity contribution in [3.8, 4) is 0 Å². The van der Waals surface area contributed by atoms with Gasteiger partial charge < -0.3 is 5.11 Å². The fourth-order valence-corrected chi connectivity index (χ4v) is 2.81. The fourth-order valence-electron chi connectivity index (χ4n) is 1.85. The number of rotatable bonds is 6. The molecule has 0 saturated carbocycles. The van der Waals surface area contributed by atoms with Crippen LogP contribution >= 0.6 is 11.3 Å². The summed E-state index contributed by atoms with van der Waals surface area (Å²) in [5.74, 6) is -1.04. The lowest BCUT2D eigenvalue weighted by molar-refractivity contribution is -0.141. The first-order valence-electron chi connectivity index (χ1n) is 5.98. The second-order valence-electron chi connectivity index (χ2n) is 4.45. The summed E-state index contributed by atoms with van der Waals surface area (Å²) in [5.41, 5.74) is 0. The third kappa shape index (κ3) is 3.82. The van der Waals surface area contributed by atoms with Crippen LogP contribution in [0.4, 0.5) is 0 Å². The highest BCUT2D eigenvalue weighted by Gasteiger charge is 2.20. The molecule has 1 N–H and O–H groups in total. The van der Waals surface area contributed by atoms with E-state index in [2.05, 4.69) is 37.8 Å². The molecule has 0 aliphatic rings. The van der Waals surface area contributed by atoms with E-state index in [0.717, 1.165) is 6.54 Å². The van der Waals surface area contributed by atoms with E-state index in [0.29, 0.717) is 12.6 Å². The van der Waals surface area contributed by atoms with Crippen molar-refractivity contribution in [2.45, 2.75) is 33.7 Å². The Labute approximate surface area is 107 Å². The van der Waals surface area contributed by atoms with Gasteiger partial charge >= 0.3 is 5.97 Å². The van der Waals surface area contributed by atoms with Crippen molar-refractivity contribution in [2.24, 2.45) is 5.92 Å². The average Bonchev–Trinajstić information content (AvgIpc) is 2.71. The van der Waals surface area contributed by atoms with Crippen LogP contribution in [0.15, 0.2) is 12.1 Å². The Morgan fingerprint density at radius 3 is 2.53 bits per heavy atom. The van der Waals surface area contributed by atoms with Crippen molar-refractivity contribution in [1.82, 2.24) is 4.90 Å². The van der Waals surface area contributed by atoms with Crippen LogP contribution in [0.3, 0.4) is 0 Å². The van der Waals surface area contributed by atoms with Crippen molar-refractivity contribution in [1.29, 1.82) is 0 Å². The van der Waals surface area contributed by atoms with E-state index in [1.54, 1.807) is 18.3 Å². The Morgan fingerprint density at radius 1 is 1.47 bits per heavy atom. The first kappa shape index (κ1) is 14.2. The van der Waals surface area contributed by atoms with Crippen LogP contribution in [-0.4, -0.2) is 29.1 Å². The molecule has 0 aromatic carbocycles. The lowest BCUT2D eigenvalue weighted by Gasteiger charge is -2.28. The maximum atomic E-state index is 10.9. The number of thiophene rings is 1. The summed E-state index contributed by atoms with van der Waals surface area (Å²) >= 11 is 1.79. The number of carboxylic acid groups (broad SMARTS) is 1. The predicted octanol–water partition coefficient (Wildman–Crippen LogP) is 3.16. The molecule has 17 heavy (non-hydrogen) atoms. The lowest BCUT2D eigenvalue weighted by atomic mass is 10.1. The van der Waals surface area contributed by atoms with Crippen molar-refractivity contribution < 1.29 is 9.90 Å². The Morgan fingerprint density at radius 2 is 2.12 bits per heavy atom. The number of aliphatic carboxylic acids is 1. The van der Waals surface area contributed by atoms with E-state index in [1.807, 2.05) is 0 Å². The summed E-state index contributed by atoms with van der Waals surface area (Å²) in [5, 5.41) is 8.96. The summed E-state index contributed by atoms with van der Waals surface area (Å²) in [6.45, 7) is 9.54. The van der Waals surface area contributed by atoms with Crippen LogP contribution in [0, 0.1) is 12.8 Å². The van der Waals surface area contributed by atoms with E-state index in [1.165, 1.54) is 9.75 Å². The fraction of sp³-hybridized carbons (Fsp3) is 0.615. The normalized spacial score (nSPS) is 14.9. The smallest absolute Gasteiger partial charge is 0.307 e. The van der Waals surface area contributed by atoms with Crippen LogP contribution in [-0.2, 0) is 4.79 Å². The van der Waals surface area contributed by atoms with Crippen LogP contribution < -0.4 is 0 Å². The Kier molecular flexibility index (Phi) is 5.15. The first-order chi connectivity index (χ1) is 7.95. The zero-order chi connectivity index (χ0) is 13.0. The summed E-state index contributed by atoms with van der Waals surface area (Å²) in [6, 6.07) is 4.55. The molecule has 96 valence electrons. The minimum Gasteiger partial charge on any atom is -0.481 e. The maximum absolute atomic E-state index is 10.9. The van der Waals surface area contributed by atoms with Gasteiger partial charge in [-0.25, -0.2) is 0 Å². The minimum atomic E-state index is -0.724. The van der Waals surface area contributed by atoms with Crippen molar-refractivity contribution in [3.05, 3.63) is 21.9 Å². The van der Waals surface area contributed by atoms with Crippen molar-refractivity contribution >= 4 is 17.3 Å². The molecule has 1 aromatic rings. The summed E-state index contributed by atoms with van der Waals surface area (Å²) in [6.07, 6.45) is 0. The molecule has 0 aliphatic carbocycles. The van der Waals surface area contributed by atoms with Crippen LogP contribution in [0.5, 0.6) is 0 Å². The lowest BCUT2D eigenvalue weighted by Crippen LogP contribution is -2.33. The standard InChI is InChI=1S/C13H21NO2S/c1-5-14(8-9(2)13(15)16)11(4)12-7-6-10(3)17-12/h6-7,9,11H,5,8H2,1-4H3,(H,15,16). The van der Waals surface area contributed by atoms with Crippen LogP contribution in [0.2, 0.25) is 0 Å². The average molecular weight is 255 g/mol. The van der Waals surface area contributed by atoms with E-state index in [-0.39, 0.29) is 5.92 Å². The van der Waals surface area contributed by atoms with Gasteiger partial charge in [0.2, 0.25) is 0 Å². The van der Waals surface area contributed by atoms with Gasteiger partial charge in [0.1, 0.15) is 0 Å². The number of carboxylic acids is 1. The molecule has 0 fully saturated rings. The molecular weight excluding hydrogens is 234 g/mol. The van der Waals surface area contributed by atoms with Gasteiger partial charge in [-0.2, -0.15) is 0 Å². The summed E-state index contributed by atoms with van der Waals surface area (Å²) in [4.78, 5) is 15.7. The molecule has 1 heterocycles. The van der Waals surface area contributed by atoms with Gasteiger partial charge in [0.15, 0.2) is 0 Å². The summed E-state index contributed by atoms with van der Waals surface area (Å²) in [7, 11) is 0. The number of nitrogens with zero attached hydrogens (tertiary/aromatic N) is 1. The molecular formula is C13H21NO2S. The van der Waals surface area contributed by atoms with Gasteiger partial charge in [-0.1, -0.05) is 13.8 Å². The Bertz CT molecular complexity index is 375. The third-order valence-electron chi connectivity index (χ3n) is 3.06. The molecule has 3 nitrogen and oxygen atoms in total. The molecule has 0 amide bonds. The number of carbonyl (C=O) groups is 1. The van der Waals surface area contributed by atoms with E-state index in [9.17, 15) is 4.79 Å². The molecule has 1 rings (SSSR count). The SMILES string of the molecule is CCN(CC(C)C(=O)O)C(C)c1ccc(C)s1. The molecule has 2 atom stereocenters. The van der Waals surface area contributed by atoms with Gasteiger partial charge in [-0.05, 0) is 32.5 Å². The second kappa shape index (κ2) is 6.17. The first-order valence-corrected chi connectivity index (χ1v) is 6.80. The van der Waals surface area contributed by atoms with Crippen LogP contribution in [0.25, 0.3) is 0 Å². The topological polar surface area (TPSA) is 40.5 Å². The molecule has 0 saturated heterocycles. The van der Waals surface area contributed by atoms with Gasteiger partial charge in [0.05, 0.1) is 5.92 Å². The minimum absolute atomic E-state index is 0.292. The maximum Gasteiger partial charge on any atom is 0.307 e. The van der Waals surface area contributed by atoms with E-state index < -0.39 is 5.97 Å². The zero-order valence-corrected chi connectivity index (χ0v) is 11.8. The molecule has 2 unspecified atom stereocenters.